The fourth-order valence-electron chi connectivity index (χ4n) is 3.32. The molecule has 0 spiro atoms. The van der Waals surface area contributed by atoms with Crippen molar-refractivity contribution < 1.29 is 9.53 Å². The number of guanidine groups is 1. The van der Waals surface area contributed by atoms with Crippen LogP contribution in [0.1, 0.15) is 36.3 Å². The fraction of sp³-hybridized carbons (Fsp3) is 0.722. The second-order valence-electron chi connectivity index (χ2n) is 7.86. The first-order chi connectivity index (χ1) is 12.2. The molecule has 1 amide bonds. The van der Waals surface area contributed by atoms with E-state index < -0.39 is 5.60 Å². The van der Waals surface area contributed by atoms with Gasteiger partial charge in [0.15, 0.2) is 5.96 Å². The molecule has 3 heterocycles. The van der Waals surface area contributed by atoms with Crippen LogP contribution in [0.15, 0.2) is 4.99 Å². The number of hydrogen-bond donors (Lipinski definition) is 1. The highest BCUT2D eigenvalue weighted by Gasteiger charge is 2.36. The van der Waals surface area contributed by atoms with Crippen molar-refractivity contribution in [2.45, 2.75) is 52.7 Å². The zero-order chi connectivity index (χ0) is 18.9. The van der Waals surface area contributed by atoms with Gasteiger partial charge in [-0.15, -0.1) is 11.3 Å². The normalized spacial score (nSPS) is 20.0. The maximum Gasteiger partial charge on any atom is 0.410 e. The van der Waals surface area contributed by atoms with Crippen molar-refractivity contribution in [1.29, 1.82) is 0 Å². The van der Waals surface area contributed by atoms with Gasteiger partial charge in [0.2, 0.25) is 0 Å². The van der Waals surface area contributed by atoms with E-state index in [-0.39, 0.29) is 12.1 Å². The van der Waals surface area contributed by atoms with E-state index in [1.165, 1.54) is 4.88 Å². The Morgan fingerprint density at radius 3 is 2.77 bits per heavy atom. The van der Waals surface area contributed by atoms with E-state index in [4.69, 9.17) is 4.74 Å². The Morgan fingerprint density at radius 1 is 1.35 bits per heavy atom. The van der Waals surface area contributed by atoms with Gasteiger partial charge in [0.1, 0.15) is 5.60 Å². The first-order valence-corrected chi connectivity index (χ1v) is 10.0. The SMILES string of the molecule is Cc1nc(C)c(CCNC2=NCC3CN(C(=O)OC(C)(C)C)CCN23)s1. The largest absolute Gasteiger partial charge is 0.444 e. The predicted octanol–water partition coefficient (Wildman–Crippen LogP) is 2.18. The van der Waals surface area contributed by atoms with Gasteiger partial charge >= 0.3 is 6.09 Å². The van der Waals surface area contributed by atoms with Crippen LogP contribution >= 0.6 is 11.3 Å². The number of carbonyl (C=O) groups excluding carboxylic acids is 1. The second kappa shape index (κ2) is 7.42. The van der Waals surface area contributed by atoms with Gasteiger partial charge in [-0.1, -0.05) is 0 Å². The van der Waals surface area contributed by atoms with Gasteiger partial charge in [0.05, 0.1) is 23.3 Å². The van der Waals surface area contributed by atoms with E-state index in [0.717, 1.165) is 42.7 Å². The van der Waals surface area contributed by atoms with E-state index >= 15 is 0 Å². The number of piperazine rings is 1. The summed E-state index contributed by atoms with van der Waals surface area (Å²) in [6.07, 6.45) is 0.730. The Balaban J connectivity index is 1.48. The molecule has 26 heavy (non-hydrogen) atoms. The molecule has 1 unspecified atom stereocenters. The molecular weight excluding hydrogens is 350 g/mol. The van der Waals surface area contributed by atoms with Gasteiger partial charge in [0, 0.05) is 37.5 Å². The number of amides is 1. The van der Waals surface area contributed by atoms with E-state index in [0.29, 0.717) is 13.1 Å². The van der Waals surface area contributed by atoms with E-state index in [1.54, 1.807) is 16.2 Å². The number of thiazole rings is 1. The Hall–Kier alpha value is -1.83. The number of carbonyl (C=O) groups is 1. The Bertz CT molecular complexity index is 694. The zero-order valence-electron chi connectivity index (χ0n) is 16.3. The van der Waals surface area contributed by atoms with Crippen LogP contribution in [0.5, 0.6) is 0 Å². The summed E-state index contributed by atoms with van der Waals surface area (Å²) < 4.78 is 5.49. The highest BCUT2D eigenvalue weighted by atomic mass is 32.1. The van der Waals surface area contributed by atoms with Crippen LogP contribution in [-0.2, 0) is 11.2 Å². The standard InChI is InChI=1S/C18H29N5O2S/c1-12-15(26-13(2)21-12)6-7-19-16-20-10-14-11-22(8-9-23(14)16)17(24)25-18(3,4)5/h14H,6-11H2,1-5H3,(H,19,20). The molecule has 1 fully saturated rings. The summed E-state index contributed by atoms with van der Waals surface area (Å²) in [5, 5.41) is 4.59. The second-order valence-corrected chi connectivity index (χ2v) is 9.14. The zero-order valence-corrected chi connectivity index (χ0v) is 17.2. The lowest BCUT2D eigenvalue weighted by Gasteiger charge is -2.39. The maximum atomic E-state index is 12.3. The molecule has 7 nitrogen and oxygen atoms in total. The van der Waals surface area contributed by atoms with Gasteiger partial charge in [0.25, 0.3) is 0 Å². The molecule has 0 aliphatic carbocycles. The average molecular weight is 380 g/mol. The third-order valence-corrected chi connectivity index (χ3v) is 5.63. The van der Waals surface area contributed by atoms with Crippen LogP contribution in [0.4, 0.5) is 4.79 Å². The summed E-state index contributed by atoms with van der Waals surface area (Å²) in [6, 6.07) is 0.242. The van der Waals surface area contributed by atoms with E-state index in [2.05, 4.69) is 27.1 Å². The molecule has 1 aromatic heterocycles. The van der Waals surface area contributed by atoms with Gasteiger partial charge in [-0.05, 0) is 34.6 Å². The lowest BCUT2D eigenvalue weighted by Crippen LogP contribution is -2.57. The summed E-state index contributed by atoms with van der Waals surface area (Å²) in [5.74, 6) is 0.956. The molecule has 0 aromatic carbocycles. The first-order valence-electron chi connectivity index (χ1n) is 9.19. The predicted molar refractivity (Wildman–Crippen MR) is 104 cm³/mol. The van der Waals surface area contributed by atoms with Gasteiger partial charge in [-0.2, -0.15) is 0 Å². The van der Waals surface area contributed by atoms with Crippen LogP contribution in [-0.4, -0.2) is 71.2 Å². The number of nitrogens with zero attached hydrogens (tertiary/aromatic N) is 4. The molecule has 1 atom stereocenters. The Morgan fingerprint density at radius 2 is 2.12 bits per heavy atom. The van der Waals surface area contributed by atoms with E-state index in [1.807, 2.05) is 27.7 Å². The number of ether oxygens (including phenoxy) is 1. The molecule has 3 rings (SSSR count). The minimum absolute atomic E-state index is 0.227. The third kappa shape index (κ3) is 4.47. The number of hydrogen-bond acceptors (Lipinski definition) is 7. The average Bonchev–Trinajstić information content (AvgIpc) is 3.08. The minimum atomic E-state index is -0.458. The van der Waals surface area contributed by atoms with Gasteiger partial charge < -0.3 is 19.9 Å². The Labute approximate surface area is 159 Å². The number of aromatic nitrogens is 1. The van der Waals surface area contributed by atoms with Crippen molar-refractivity contribution >= 4 is 23.4 Å². The number of fused-ring (bicyclic) bond motifs is 1. The smallest absolute Gasteiger partial charge is 0.410 e. The topological polar surface area (TPSA) is 70.1 Å². The molecule has 1 N–H and O–H groups in total. The van der Waals surface area contributed by atoms with Crippen LogP contribution in [0.3, 0.4) is 0 Å². The maximum absolute atomic E-state index is 12.3. The third-order valence-electron chi connectivity index (χ3n) is 4.49. The van der Waals surface area contributed by atoms with Crippen molar-refractivity contribution in [3.63, 3.8) is 0 Å². The molecule has 8 heteroatoms. The van der Waals surface area contributed by atoms with Crippen molar-refractivity contribution in [3.05, 3.63) is 15.6 Å². The number of nitrogens with one attached hydrogen (secondary N) is 1. The summed E-state index contributed by atoms with van der Waals surface area (Å²) in [4.78, 5) is 26.8. The molecule has 1 aromatic rings. The molecule has 2 aliphatic heterocycles. The summed E-state index contributed by atoms with van der Waals surface area (Å²) in [5.41, 5.74) is 0.673. The van der Waals surface area contributed by atoms with Crippen LogP contribution < -0.4 is 5.32 Å². The number of aliphatic imine (C=N–C) groups is 1. The molecule has 2 aliphatic rings. The van der Waals surface area contributed by atoms with Crippen molar-refractivity contribution in [3.8, 4) is 0 Å². The number of aryl methyl sites for hydroxylation is 2. The fourth-order valence-corrected chi connectivity index (χ4v) is 4.25. The molecule has 0 saturated carbocycles. The van der Waals surface area contributed by atoms with E-state index in [9.17, 15) is 4.79 Å². The monoisotopic (exact) mass is 379 g/mol. The minimum Gasteiger partial charge on any atom is -0.444 e. The summed E-state index contributed by atoms with van der Waals surface area (Å²) in [6.45, 7) is 13.5. The molecule has 0 bridgehead atoms. The summed E-state index contributed by atoms with van der Waals surface area (Å²) >= 11 is 1.76. The highest BCUT2D eigenvalue weighted by Crippen LogP contribution is 2.20. The summed E-state index contributed by atoms with van der Waals surface area (Å²) in [7, 11) is 0. The molecule has 0 radical (unpaired) electrons. The van der Waals surface area contributed by atoms with Gasteiger partial charge in [-0.3, -0.25) is 4.99 Å². The Kier molecular flexibility index (Phi) is 5.41. The lowest BCUT2D eigenvalue weighted by molar-refractivity contribution is 0.0137. The number of rotatable bonds is 3. The first kappa shape index (κ1) is 18.9. The quantitative estimate of drug-likeness (QED) is 0.872. The lowest BCUT2D eigenvalue weighted by atomic mass is 10.2. The molecular formula is C18H29N5O2S. The van der Waals surface area contributed by atoms with Crippen LogP contribution in [0, 0.1) is 13.8 Å². The molecule has 1 saturated heterocycles. The van der Waals surface area contributed by atoms with Crippen molar-refractivity contribution in [1.82, 2.24) is 20.1 Å². The highest BCUT2D eigenvalue weighted by molar-refractivity contribution is 7.11. The van der Waals surface area contributed by atoms with Crippen LogP contribution in [0.2, 0.25) is 0 Å². The molecule has 144 valence electrons. The van der Waals surface area contributed by atoms with Crippen molar-refractivity contribution in [2.75, 3.05) is 32.7 Å². The van der Waals surface area contributed by atoms with Crippen molar-refractivity contribution in [2.24, 2.45) is 4.99 Å². The van der Waals surface area contributed by atoms with Crippen LogP contribution in [0.25, 0.3) is 0 Å². The van der Waals surface area contributed by atoms with Gasteiger partial charge in [-0.25, -0.2) is 9.78 Å².